The molecule has 3 aliphatic heterocycles. The van der Waals surface area contributed by atoms with Crippen LogP contribution >= 0.6 is 0 Å². The molecule has 35 heavy (non-hydrogen) atoms. The largest absolute Gasteiger partial charge is 0.376 e. The zero-order chi connectivity index (χ0) is 25.7. The molecule has 1 saturated carbocycles. The number of amides is 3. The van der Waals surface area contributed by atoms with E-state index >= 15 is 0 Å². The molecule has 3 heterocycles. The van der Waals surface area contributed by atoms with Crippen LogP contribution in [0.5, 0.6) is 0 Å². The smallest absolute Gasteiger partial charge is 0.238 e. The summed E-state index contributed by atoms with van der Waals surface area (Å²) in [6, 6.07) is 0.211. The van der Waals surface area contributed by atoms with Crippen molar-refractivity contribution in [1.82, 2.24) is 20.9 Å². The van der Waals surface area contributed by atoms with Crippen LogP contribution in [0.25, 0.3) is 0 Å². The number of hydrogen-bond donors (Lipinski definition) is 4. The van der Waals surface area contributed by atoms with Crippen LogP contribution in [-0.2, 0) is 14.4 Å². The molecule has 4 rings (SSSR count). The number of carbonyl (C=O) groups excluding carboxylic acids is 3. The summed E-state index contributed by atoms with van der Waals surface area (Å²) in [7, 11) is 0. The summed E-state index contributed by atoms with van der Waals surface area (Å²) in [5.74, 6) is -0.687. The topological polar surface area (TPSA) is 135 Å². The number of piperidine rings is 1. The molecule has 0 aromatic rings. The lowest BCUT2D eigenvalue weighted by molar-refractivity contribution is -0.137. The van der Waals surface area contributed by atoms with Gasteiger partial charge in [-0.1, -0.05) is 46.8 Å². The normalized spacial score (nSPS) is 40.1. The Morgan fingerprint density at radius 2 is 2.00 bits per heavy atom. The highest BCUT2D eigenvalue weighted by atomic mass is 16.3. The Morgan fingerprint density at radius 1 is 1.29 bits per heavy atom. The molecule has 0 bridgehead atoms. The Balaban J connectivity index is 1.65. The number of carbonyl (C=O) groups is 3. The molecule has 3 amide bonds. The second-order valence-corrected chi connectivity index (χ2v) is 12.3. The predicted molar refractivity (Wildman–Crippen MR) is 129 cm³/mol. The van der Waals surface area contributed by atoms with Gasteiger partial charge >= 0.3 is 0 Å². The van der Waals surface area contributed by atoms with Crippen molar-refractivity contribution in [3.63, 3.8) is 0 Å². The van der Waals surface area contributed by atoms with Gasteiger partial charge in [0.25, 0.3) is 0 Å². The fraction of sp³-hybridized carbons (Fsp3) is 0.769. The van der Waals surface area contributed by atoms with Crippen LogP contribution in [0, 0.1) is 45.8 Å². The molecular weight excluding hydrogens is 446 g/mol. The highest BCUT2D eigenvalue weighted by Crippen LogP contribution is 2.65. The van der Waals surface area contributed by atoms with Gasteiger partial charge in [-0.2, -0.15) is 5.26 Å². The van der Waals surface area contributed by atoms with E-state index in [9.17, 15) is 24.8 Å². The molecule has 1 unspecified atom stereocenters. The maximum atomic E-state index is 13.6. The van der Waals surface area contributed by atoms with E-state index in [0.717, 1.165) is 0 Å². The molecule has 4 aliphatic rings. The second-order valence-electron chi connectivity index (χ2n) is 12.3. The molecule has 3 fully saturated rings. The lowest BCUT2D eigenvalue weighted by atomic mass is 9.88. The van der Waals surface area contributed by atoms with Crippen LogP contribution in [0.2, 0.25) is 0 Å². The number of allylic oxidation sites excluding steroid dienone is 1. The van der Waals surface area contributed by atoms with Gasteiger partial charge in [0.2, 0.25) is 17.7 Å². The minimum absolute atomic E-state index is 0.0326. The summed E-state index contributed by atoms with van der Waals surface area (Å²) in [4.78, 5) is 40.7. The number of hydrogen-bond acceptors (Lipinski definition) is 6. The molecule has 4 N–H and O–H groups in total. The van der Waals surface area contributed by atoms with Crippen LogP contribution in [0.1, 0.15) is 53.9 Å². The SMILES string of the molecule is CC(C)(C)C(=O)N[C@H]1CC/C=C/[C@H]2CNC(=O)[C@H]2C[C@@H](C#N)NC(=O)[C@@H]2[C@@H]3[C@H](CN2C1O)C3(C)C. The van der Waals surface area contributed by atoms with Crippen molar-refractivity contribution in [2.75, 3.05) is 13.1 Å². The number of rotatable bonds is 1. The van der Waals surface area contributed by atoms with E-state index in [2.05, 4.69) is 35.9 Å². The first-order valence-corrected chi connectivity index (χ1v) is 12.8. The van der Waals surface area contributed by atoms with Crippen LogP contribution in [0.4, 0.5) is 0 Å². The second kappa shape index (κ2) is 9.21. The minimum atomic E-state index is -1.03. The first-order valence-electron chi connectivity index (χ1n) is 12.8. The molecule has 8 atom stereocenters. The van der Waals surface area contributed by atoms with E-state index in [1.807, 2.05) is 32.9 Å². The molecule has 0 aromatic carbocycles. The molecule has 1 aliphatic carbocycles. The molecule has 0 radical (unpaired) electrons. The Labute approximate surface area is 207 Å². The molecule has 0 spiro atoms. The number of fused-ring (bicyclic) bond motifs is 4. The maximum absolute atomic E-state index is 13.6. The van der Waals surface area contributed by atoms with Gasteiger partial charge in [0.15, 0.2) is 0 Å². The lowest BCUT2D eigenvalue weighted by Gasteiger charge is -2.38. The van der Waals surface area contributed by atoms with E-state index in [1.165, 1.54) is 0 Å². The summed E-state index contributed by atoms with van der Waals surface area (Å²) >= 11 is 0. The zero-order valence-electron chi connectivity index (χ0n) is 21.4. The Kier molecular flexibility index (Phi) is 6.75. The predicted octanol–water partition coefficient (Wildman–Crippen LogP) is 0.903. The van der Waals surface area contributed by atoms with E-state index in [-0.39, 0.29) is 53.2 Å². The van der Waals surface area contributed by atoms with E-state index < -0.39 is 29.8 Å². The van der Waals surface area contributed by atoms with Gasteiger partial charge in [-0.05, 0) is 36.5 Å². The average Bonchev–Trinajstić information content (AvgIpc) is 3.11. The van der Waals surface area contributed by atoms with Crippen molar-refractivity contribution in [3.8, 4) is 6.07 Å². The van der Waals surface area contributed by atoms with Crippen LogP contribution < -0.4 is 16.0 Å². The third-order valence-electron chi connectivity index (χ3n) is 8.57. The molecule has 9 heteroatoms. The van der Waals surface area contributed by atoms with Gasteiger partial charge in [0.05, 0.1) is 18.2 Å². The Bertz CT molecular complexity index is 948. The summed E-state index contributed by atoms with van der Waals surface area (Å²) < 4.78 is 0. The van der Waals surface area contributed by atoms with Gasteiger partial charge in [0.1, 0.15) is 12.3 Å². The van der Waals surface area contributed by atoms with Crippen LogP contribution in [-0.4, -0.2) is 65.2 Å². The van der Waals surface area contributed by atoms with E-state index in [0.29, 0.717) is 25.9 Å². The highest BCUT2D eigenvalue weighted by molar-refractivity contribution is 5.85. The number of aliphatic hydroxyl groups is 1. The fourth-order valence-electron chi connectivity index (χ4n) is 6.18. The van der Waals surface area contributed by atoms with E-state index in [1.54, 1.807) is 4.90 Å². The molecule has 192 valence electrons. The third-order valence-corrected chi connectivity index (χ3v) is 8.57. The van der Waals surface area contributed by atoms with Crippen molar-refractivity contribution in [3.05, 3.63) is 12.2 Å². The summed E-state index contributed by atoms with van der Waals surface area (Å²) in [6.07, 6.45) is 4.31. The highest BCUT2D eigenvalue weighted by Gasteiger charge is 2.69. The first-order chi connectivity index (χ1) is 16.4. The molecule has 2 saturated heterocycles. The lowest BCUT2D eigenvalue weighted by Crippen LogP contribution is -2.59. The van der Waals surface area contributed by atoms with Crippen molar-refractivity contribution in [2.24, 2.45) is 34.5 Å². The van der Waals surface area contributed by atoms with Gasteiger partial charge in [0, 0.05) is 30.3 Å². The minimum Gasteiger partial charge on any atom is -0.376 e. The van der Waals surface area contributed by atoms with Crippen molar-refractivity contribution >= 4 is 17.7 Å². The molecule has 9 nitrogen and oxygen atoms in total. The van der Waals surface area contributed by atoms with Crippen molar-refractivity contribution < 1.29 is 19.5 Å². The molecule has 0 aromatic heterocycles. The van der Waals surface area contributed by atoms with Gasteiger partial charge in [-0.15, -0.1) is 0 Å². The fourth-order valence-corrected chi connectivity index (χ4v) is 6.18. The Hall–Kier alpha value is -2.44. The summed E-state index contributed by atoms with van der Waals surface area (Å²) in [5.41, 5.74) is -0.654. The van der Waals surface area contributed by atoms with Crippen LogP contribution in [0.15, 0.2) is 12.2 Å². The average molecular weight is 486 g/mol. The van der Waals surface area contributed by atoms with Gasteiger partial charge < -0.3 is 21.1 Å². The first kappa shape index (κ1) is 25.6. The summed E-state index contributed by atoms with van der Waals surface area (Å²) in [6.45, 7) is 10.8. The zero-order valence-corrected chi connectivity index (χ0v) is 21.4. The monoisotopic (exact) mass is 485 g/mol. The van der Waals surface area contributed by atoms with Gasteiger partial charge in [-0.3, -0.25) is 19.3 Å². The van der Waals surface area contributed by atoms with Crippen LogP contribution in [0.3, 0.4) is 0 Å². The molecular formula is C26H39N5O4. The van der Waals surface area contributed by atoms with Crippen molar-refractivity contribution in [1.29, 1.82) is 5.26 Å². The summed E-state index contributed by atoms with van der Waals surface area (Å²) in [5, 5.41) is 30.0. The number of aliphatic hydroxyl groups excluding tert-OH is 1. The number of nitrogens with zero attached hydrogens (tertiary/aromatic N) is 2. The van der Waals surface area contributed by atoms with E-state index in [4.69, 9.17) is 0 Å². The standard InChI is InChI=1S/C26H39N5O4/c1-25(2,3)24(35)30-18-9-7-6-8-14-12-28-21(32)16(14)10-15(11-27)29-22(33)20-19-17(26(19,4)5)13-31(20)23(18)34/h6,8,14-20,23,34H,7,9-10,12-13H2,1-5H3,(H,28,32)(H,29,33)(H,30,35)/b8-6+/t14-,15-,16-,17-,18-,19-,20-,23?/m0/s1. The Morgan fingerprint density at radius 3 is 2.66 bits per heavy atom. The number of nitrogens with one attached hydrogen (secondary N) is 3. The van der Waals surface area contributed by atoms with Crippen molar-refractivity contribution in [2.45, 2.75) is 78.2 Å². The third kappa shape index (κ3) is 4.83. The maximum Gasteiger partial charge on any atom is 0.238 e. The quantitative estimate of drug-likeness (QED) is 0.408. The number of nitriles is 1. The van der Waals surface area contributed by atoms with Gasteiger partial charge in [-0.25, -0.2) is 0 Å².